The van der Waals surface area contributed by atoms with Crippen molar-refractivity contribution in [1.29, 1.82) is 0 Å². The van der Waals surface area contributed by atoms with E-state index in [4.69, 9.17) is 21.4 Å². The first-order chi connectivity index (χ1) is 9.34. The predicted molar refractivity (Wildman–Crippen MR) is 81.4 cm³/mol. The van der Waals surface area contributed by atoms with Crippen LogP contribution in [0, 0.1) is 12.3 Å². The molecule has 0 saturated carbocycles. The summed E-state index contributed by atoms with van der Waals surface area (Å²) in [5, 5.41) is 22.8. The molecule has 0 aliphatic carbocycles. The molecule has 0 spiro atoms. The van der Waals surface area contributed by atoms with Crippen LogP contribution in [0.25, 0.3) is 0 Å². The SMILES string of the molecule is Cc1cc(OCC(O)CNCC(C)(C)CO)ccc1Cl. The zero-order valence-corrected chi connectivity index (χ0v) is 13.1. The van der Waals surface area contributed by atoms with Crippen molar-refractivity contribution in [3.05, 3.63) is 28.8 Å². The maximum absolute atomic E-state index is 9.83. The first-order valence-electron chi connectivity index (χ1n) is 6.72. The lowest BCUT2D eigenvalue weighted by Crippen LogP contribution is -2.38. The quantitative estimate of drug-likeness (QED) is 0.687. The summed E-state index contributed by atoms with van der Waals surface area (Å²) in [6.45, 7) is 7.21. The van der Waals surface area contributed by atoms with Gasteiger partial charge in [-0.3, -0.25) is 0 Å². The molecule has 0 bridgehead atoms. The summed E-state index contributed by atoms with van der Waals surface area (Å²) in [6.07, 6.45) is -0.597. The Bertz CT molecular complexity index is 424. The Labute approximate surface area is 125 Å². The van der Waals surface area contributed by atoms with E-state index in [9.17, 15) is 5.11 Å². The van der Waals surface area contributed by atoms with Crippen LogP contribution in [-0.4, -0.2) is 42.6 Å². The minimum absolute atomic E-state index is 0.108. The van der Waals surface area contributed by atoms with E-state index in [1.807, 2.05) is 26.8 Å². The van der Waals surface area contributed by atoms with E-state index < -0.39 is 6.10 Å². The maximum Gasteiger partial charge on any atom is 0.119 e. The smallest absolute Gasteiger partial charge is 0.119 e. The molecule has 0 radical (unpaired) electrons. The lowest BCUT2D eigenvalue weighted by atomic mass is 9.95. The normalized spacial score (nSPS) is 13.3. The Kier molecular flexibility index (Phi) is 6.76. The zero-order chi connectivity index (χ0) is 15.2. The van der Waals surface area contributed by atoms with Crippen molar-refractivity contribution in [2.45, 2.75) is 26.9 Å². The number of ether oxygens (including phenoxy) is 1. The Hall–Kier alpha value is -0.810. The van der Waals surface area contributed by atoms with Gasteiger partial charge in [-0.05, 0) is 30.7 Å². The number of aliphatic hydroxyl groups is 2. The minimum atomic E-state index is -0.597. The number of aryl methyl sites for hydroxylation is 1. The summed E-state index contributed by atoms with van der Waals surface area (Å²) in [7, 11) is 0. The second-order valence-electron chi connectivity index (χ2n) is 5.83. The molecule has 0 heterocycles. The van der Waals surface area contributed by atoms with Gasteiger partial charge in [0.25, 0.3) is 0 Å². The van der Waals surface area contributed by atoms with E-state index in [1.165, 1.54) is 0 Å². The number of hydrogen-bond donors (Lipinski definition) is 3. The molecule has 1 rings (SSSR count). The van der Waals surface area contributed by atoms with Crippen molar-refractivity contribution in [2.24, 2.45) is 5.41 Å². The van der Waals surface area contributed by atoms with Gasteiger partial charge in [-0.1, -0.05) is 25.4 Å². The summed E-state index contributed by atoms with van der Waals surface area (Å²) in [6, 6.07) is 5.41. The Morgan fingerprint density at radius 2 is 2.10 bits per heavy atom. The van der Waals surface area contributed by atoms with E-state index in [2.05, 4.69) is 5.32 Å². The van der Waals surface area contributed by atoms with Crippen molar-refractivity contribution in [3.63, 3.8) is 0 Å². The number of benzene rings is 1. The van der Waals surface area contributed by atoms with Gasteiger partial charge in [-0.15, -0.1) is 0 Å². The summed E-state index contributed by atoms with van der Waals surface area (Å²) >= 11 is 5.93. The second kappa shape index (κ2) is 7.84. The van der Waals surface area contributed by atoms with Crippen LogP contribution in [0.5, 0.6) is 5.75 Å². The van der Waals surface area contributed by atoms with Crippen LogP contribution in [0.4, 0.5) is 0 Å². The number of halogens is 1. The van der Waals surface area contributed by atoms with Gasteiger partial charge in [0, 0.05) is 30.1 Å². The largest absolute Gasteiger partial charge is 0.491 e. The van der Waals surface area contributed by atoms with Gasteiger partial charge in [-0.2, -0.15) is 0 Å². The molecule has 1 atom stereocenters. The minimum Gasteiger partial charge on any atom is -0.491 e. The highest BCUT2D eigenvalue weighted by atomic mass is 35.5. The lowest BCUT2D eigenvalue weighted by Gasteiger charge is -2.23. The van der Waals surface area contributed by atoms with Gasteiger partial charge < -0.3 is 20.3 Å². The van der Waals surface area contributed by atoms with Gasteiger partial charge >= 0.3 is 0 Å². The highest BCUT2D eigenvalue weighted by Crippen LogP contribution is 2.21. The molecule has 4 nitrogen and oxygen atoms in total. The molecule has 0 saturated heterocycles. The molecule has 0 aromatic heterocycles. The van der Waals surface area contributed by atoms with E-state index in [-0.39, 0.29) is 18.6 Å². The maximum atomic E-state index is 9.83. The van der Waals surface area contributed by atoms with Gasteiger partial charge in [0.05, 0.1) is 0 Å². The Morgan fingerprint density at radius 3 is 2.70 bits per heavy atom. The lowest BCUT2D eigenvalue weighted by molar-refractivity contribution is 0.0980. The average Bonchev–Trinajstić information content (AvgIpc) is 2.40. The highest BCUT2D eigenvalue weighted by Gasteiger charge is 2.16. The van der Waals surface area contributed by atoms with Crippen molar-refractivity contribution in [2.75, 3.05) is 26.3 Å². The Morgan fingerprint density at radius 1 is 1.40 bits per heavy atom. The summed E-state index contributed by atoms with van der Waals surface area (Å²) in [4.78, 5) is 0. The fraction of sp³-hybridized carbons (Fsp3) is 0.600. The zero-order valence-electron chi connectivity index (χ0n) is 12.3. The number of rotatable bonds is 8. The van der Waals surface area contributed by atoms with Gasteiger partial charge in [0.15, 0.2) is 0 Å². The van der Waals surface area contributed by atoms with Crippen molar-refractivity contribution >= 4 is 11.6 Å². The van der Waals surface area contributed by atoms with Crippen LogP contribution in [0.3, 0.4) is 0 Å². The van der Waals surface area contributed by atoms with Gasteiger partial charge in [-0.25, -0.2) is 0 Å². The van der Waals surface area contributed by atoms with Crippen LogP contribution in [0.1, 0.15) is 19.4 Å². The third-order valence-electron chi connectivity index (χ3n) is 2.98. The van der Waals surface area contributed by atoms with Gasteiger partial charge in [0.1, 0.15) is 18.5 Å². The predicted octanol–water partition coefficient (Wildman–Crippen LogP) is 2.00. The monoisotopic (exact) mass is 301 g/mol. The molecule has 0 aliphatic heterocycles. The average molecular weight is 302 g/mol. The van der Waals surface area contributed by atoms with Crippen molar-refractivity contribution < 1.29 is 14.9 Å². The van der Waals surface area contributed by atoms with Gasteiger partial charge in [0.2, 0.25) is 0 Å². The summed E-state index contributed by atoms with van der Waals surface area (Å²) < 4.78 is 5.51. The first-order valence-corrected chi connectivity index (χ1v) is 7.10. The molecule has 0 aliphatic rings. The number of hydrogen-bond acceptors (Lipinski definition) is 4. The molecular weight excluding hydrogens is 278 g/mol. The Balaban J connectivity index is 2.29. The third kappa shape index (κ3) is 6.09. The van der Waals surface area contributed by atoms with E-state index in [1.54, 1.807) is 12.1 Å². The molecule has 0 fully saturated rings. The number of aliphatic hydroxyl groups excluding tert-OH is 2. The molecule has 1 unspecified atom stereocenters. The fourth-order valence-electron chi connectivity index (χ4n) is 1.59. The van der Waals surface area contributed by atoms with Crippen LogP contribution >= 0.6 is 11.6 Å². The number of nitrogens with one attached hydrogen (secondary N) is 1. The molecule has 1 aromatic carbocycles. The van der Waals surface area contributed by atoms with Crippen LogP contribution < -0.4 is 10.1 Å². The summed E-state index contributed by atoms with van der Waals surface area (Å²) in [5.41, 5.74) is 0.759. The van der Waals surface area contributed by atoms with E-state index in [0.29, 0.717) is 23.9 Å². The molecular formula is C15H24ClNO3. The second-order valence-corrected chi connectivity index (χ2v) is 6.24. The first kappa shape index (κ1) is 17.2. The molecule has 20 heavy (non-hydrogen) atoms. The third-order valence-corrected chi connectivity index (χ3v) is 3.41. The van der Waals surface area contributed by atoms with Crippen LogP contribution in [-0.2, 0) is 0 Å². The van der Waals surface area contributed by atoms with E-state index in [0.717, 1.165) is 5.56 Å². The van der Waals surface area contributed by atoms with Crippen molar-refractivity contribution in [3.8, 4) is 5.75 Å². The topological polar surface area (TPSA) is 61.7 Å². The fourth-order valence-corrected chi connectivity index (χ4v) is 1.71. The molecule has 3 N–H and O–H groups in total. The summed E-state index contributed by atoms with van der Waals surface area (Å²) in [5.74, 6) is 0.696. The highest BCUT2D eigenvalue weighted by molar-refractivity contribution is 6.31. The van der Waals surface area contributed by atoms with Crippen LogP contribution in [0.15, 0.2) is 18.2 Å². The molecule has 114 valence electrons. The molecule has 1 aromatic rings. The van der Waals surface area contributed by atoms with Crippen molar-refractivity contribution in [1.82, 2.24) is 5.32 Å². The standard InChI is InChI=1S/C15H24ClNO3/c1-11-6-13(4-5-14(11)16)20-8-12(19)7-17-9-15(2,3)10-18/h4-6,12,17-19H,7-10H2,1-3H3. The van der Waals surface area contributed by atoms with Crippen LogP contribution in [0.2, 0.25) is 5.02 Å². The van der Waals surface area contributed by atoms with E-state index >= 15 is 0 Å². The molecule has 5 heteroatoms. The molecule has 0 amide bonds.